The van der Waals surface area contributed by atoms with Gasteiger partial charge in [0.1, 0.15) is 5.52 Å². The van der Waals surface area contributed by atoms with Crippen LogP contribution in [0.5, 0.6) is 5.88 Å². The van der Waals surface area contributed by atoms with Crippen LogP contribution in [0.2, 0.25) is 5.02 Å². The Balaban J connectivity index is 2.68. The monoisotopic (exact) mass is 276 g/mol. The number of fused-ring (bicyclic) bond motifs is 1. The summed E-state index contributed by atoms with van der Waals surface area (Å²) >= 11 is 6.35. The Morgan fingerprint density at radius 3 is 2.89 bits per heavy atom. The summed E-state index contributed by atoms with van der Waals surface area (Å²) in [5.41, 5.74) is 2.52. The molecule has 0 saturated carbocycles. The molecular weight excluding hydrogens is 264 g/mol. The van der Waals surface area contributed by atoms with Crippen molar-refractivity contribution < 1.29 is 4.74 Å². The average Bonchev–Trinajstić information content (AvgIpc) is 2.45. The maximum atomic E-state index is 7.42. The lowest BCUT2D eigenvalue weighted by Gasteiger charge is -2.08. The Kier molecular flexibility index (Phi) is 3.97. The Morgan fingerprint density at radius 2 is 2.26 bits per heavy atom. The molecule has 2 aromatic rings. The fourth-order valence-electron chi connectivity index (χ4n) is 1.69. The fraction of sp³-hybridized carbons (Fsp3) is 0.154. The average molecular weight is 277 g/mol. The first-order chi connectivity index (χ1) is 9.21. The molecule has 0 aromatic carbocycles. The summed E-state index contributed by atoms with van der Waals surface area (Å²) in [6.45, 7) is 0. The topological polar surface area (TPSA) is 70.9 Å². The van der Waals surface area contributed by atoms with Crippen LogP contribution in [-0.4, -0.2) is 30.3 Å². The van der Waals surface area contributed by atoms with Crippen LogP contribution in [0, 0.1) is 5.41 Å². The molecule has 0 radical (unpaired) electrons. The Hall–Kier alpha value is -2.14. The largest absolute Gasteiger partial charge is 0.481 e. The number of pyridine rings is 2. The van der Waals surface area contributed by atoms with Crippen LogP contribution in [0.25, 0.3) is 16.6 Å². The normalized spacial score (nSPS) is 11.4. The summed E-state index contributed by atoms with van der Waals surface area (Å²) in [6.07, 6.45) is 4.53. The summed E-state index contributed by atoms with van der Waals surface area (Å²) in [4.78, 5) is 8.59. The molecule has 19 heavy (non-hydrogen) atoms. The molecule has 98 valence electrons. The van der Waals surface area contributed by atoms with Gasteiger partial charge in [-0.05, 0) is 6.07 Å². The van der Waals surface area contributed by atoms with Gasteiger partial charge in [-0.2, -0.15) is 0 Å². The highest BCUT2D eigenvalue weighted by atomic mass is 35.5. The van der Waals surface area contributed by atoms with Crippen LogP contribution in [-0.2, 0) is 0 Å². The van der Waals surface area contributed by atoms with Crippen LogP contribution in [0.3, 0.4) is 0 Å². The standard InChI is InChI=1S/C13H13ClN4O/c1-16-6-8(5-15)9-7-17-10-3-4-11(19-2)18-13(10)12(9)14/h3-7,15-16H,1-2H3/b8-6+,15-5?. The molecule has 2 N–H and O–H groups in total. The molecular formula is C13H13ClN4O. The molecule has 0 aliphatic heterocycles. The smallest absolute Gasteiger partial charge is 0.213 e. The molecule has 0 fully saturated rings. The minimum atomic E-state index is 0.453. The van der Waals surface area contributed by atoms with Crippen molar-refractivity contribution in [2.24, 2.45) is 0 Å². The molecule has 0 unspecified atom stereocenters. The second kappa shape index (κ2) is 5.67. The molecule has 0 atom stereocenters. The summed E-state index contributed by atoms with van der Waals surface area (Å²) in [6, 6.07) is 3.52. The molecule has 0 amide bonds. The first-order valence-electron chi connectivity index (χ1n) is 5.58. The Labute approximate surface area is 115 Å². The number of hydrogen-bond donors (Lipinski definition) is 2. The molecule has 0 spiro atoms. The van der Waals surface area contributed by atoms with Crippen LogP contribution in [0.15, 0.2) is 24.5 Å². The molecule has 2 rings (SSSR count). The number of methoxy groups -OCH3 is 1. The van der Waals surface area contributed by atoms with Crippen molar-refractivity contribution in [3.8, 4) is 5.88 Å². The quantitative estimate of drug-likeness (QED) is 0.842. The van der Waals surface area contributed by atoms with Crippen LogP contribution in [0.1, 0.15) is 5.56 Å². The number of nitrogens with zero attached hydrogens (tertiary/aromatic N) is 2. The van der Waals surface area contributed by atoms with E-state index in [0.29, 0.717) is 33.1 Å². The first kappa shape index (κ1) is 13.3. The van der Waals surface area contributed by atoms with E-state index in [4.69, 9.17) is 21.7 Å². The van der Waals surface area contributed by atoms with Gasteiger partial charge in [0.15, 0.2) is 0 Å². The SMILES string of the molecule is CN/C=C(\C=N)c1cnc2ccc(OC)nc2c1Cl. The highest BCUT2D eigenvalue weighted by Gasteiger charge is 2.11. The molecule has 2 aromatic heterocycles. The molecule has 2 heterocycles. The number of nitrogens with one attached hydrogen (secondary N) is 2. The third kappa shape index (κ3) is 2.51. The zero-order chi connectivity index (χ0) is 13.8. The summed E-state index contributed by atoms with van der Waals surface area (Å²) in [5.74, 6) is 0.474. The molecule has 0 aliphatic carbocycles. The minimum Gasteiger partial charge on any atom is -0.481 e. The third-order valence-electron chi connectivity index (χ3n) is 2.60. The van der Waals surface area contributed by atoms with Gasteiger partial charge in [-0.3, -0.25) is 4.98 Å². The van der Waals surface area contributed by atoms with E-state index in [1.807, 2.05) is 0 Å². The van der Waals surface area contributed by atoms with Gasteiger partial charge in [-0.15, -0.1) is 0 Å². The van der Waals surface area contributed by atoms with Gasteiger partial charge in [0.25, 0.3) is 0 Å². The number of allylic oxidation sites excluding steroid dienone is 1. The van der Waals surface area contributed by atoms with Gasteiger partial charge in [-0.1, -0.05) is 11.6 Å². The summed E-state index contributed by atoms with van der Waals surface area (Å²) in [5, 5.41) is 10.7. The van der Waals surface area contributed by atoms with Gasteiger partial charge in [0.2, 0.25) is 5.88 Å². The maximum absolute atomic E-state index is 7.42. The molecule has 0 aliphatic rings. The fourth-order valence-corrected chi connectivity index (χ4v) is 1.98. The maximum Gasteiger partial charge on any atom is 0.213 e. The molecule has 6 heteroatoms. The Morgan fingerprint density at radius 1 is 1.47 bits per heavy atom. The number of aromatic nitrogens is 2. The van der Waals surface area contributed by atoms with Gasteiger partial charge in [0, 0.05) is 42.9 Å². The van der Waals surface area contributed by atoms with Crippen molar-refractivity contribution in [1.82, 2.24) is 15.3 Å². The first-order valence-corrected chi connectivity index (χ1v) is 5.96. The number of halogens is 1. The third-order valence-corrected chi connectivity index (χ3v) is 2.98. The van der Waals surface area contributed by atoms with E-state index in [2.05, 4.69) is 15.3 Å². The second-order valence-corrected chi connectivity index (χ2v) is 4.12. The highest BCUT2D eigenvalue weighted by Crippen LogP contribution is 2.29. The van der Waals surface area contributed by atoms with Crippen molar-refractivity contribution in [2.45, 2.75) is 0 Å². The molecule has 0 bridgehead atoms. The lowest BCUT2D eigenvalue weighted by atomic mass is 10.1. The zero-order valence-electron chi connectivity index (χ0n) is 10.6. The highest BCUT2D eigenvalue weighted by molar-refractivity contribution is 6.37. The van der Waals surface area contributed by atoms with Gasteiger partial charge < -0.3 is 15.5 Å². The summed E-state index contributed by atoms with van der Waals surface area (Å²) < 4.78 is 5.08. The van der Waals surface area contributed by atoms with Crippen LogP contribution >= 0.6 is 11.6 Å². The Bertz CT molecular complexity index is 654. The van der Waals surface area contributed by atoms with Crippen LogP contribution in [0.4, 0.5) is 0 Å². The molecule has 5 nitrogen and oxygen atoms in total. The van der Waals surface area contributed by atoms with Gasteiger partial charge in [0.05, 0.1) is 17.6 Å². The predicted molar refractivity (Wildman–Crippen MR) is 76.9 cm³/mol. The second-order valence-electron chi connectivity index (χ2n) is 3.74. The number of hydrogen-bond acceptors (Lipinski definition) is 5. The van der Waals surface area contributed by atoms with Gasteiger partial charge >= 0.3 is 0 Å². The van der Waals surface area contributed by atoms with E-state index in [-0.39, 0.29) is 0 Å². The number of ether oxygens (including phenoxy) is 1. The lowest BCUT2D eigenvalue weighted by Crippen LogP contribution is -1.99. The van der Waals surface area contributed by atoms with Crippen molar-refractivity contribution >= 4 is 34.4 Å². The van der Waals surface area contributed by atoms with E-state index in [1.165, 1.54) is 6.21 Å². The summed E-state index contributed by atoms with van der Waals surface area (Å²) in [7, 11) is 3.30. The van der Waals surface area contributed by atoms with E-state index in [9.17, 15) is 0 Å². The zero-order valence-corrected chi connectivity index (χ0v) is 11.3. The van der Waals surface area contributed by atoms with E-state index < -0.39 is 0 Å². The van der Waals surface area contributed by atoms with Gasteiger partial charge in [-0.25, -0.2) is 4.98 Å². The number of rotatable bonds is 4. The predicted octanol–water partition coefficient (Wildman–Crippen LogP) is 2.50. The van der Waals surface area contributed by atoms with Crippen molar-refractivity contribution in [3.63, 3.8) is 0 Å². The van der Waals surface area contributed by atoms with Crippen LogP contribution < -0.4 is 10.1 Å². The van der Waals surface area contributed by atoms with Crippen molar-refractivity contribution in [3.05, 3.63) is 35.1 Å². The van der Waals surface area contributed by atoms with E-state index in [0.717, 1.165) is 0 Å². The lowest BCUT2D eigenvalue weighted by molar-refractivity contribution is 0.399. The van der Waals surface area contributed by atoms with Crippen molar-refractivity contribution in [1.29, 1.82) is 5.41 Å². The minimum absolute atomic E-state index is 0.453. The van der Waals surface area contributed by atoms with E-state index in [1.54, 1.807) is 38.7 Å². The van der Waals surface area contributed by atoms with E-state index >= 15 is 0 Å². The molecule has 0 saturated heterocycles. The van der Waals surface area contributed by atoms with Crippen molar-refractivity contribution in [2.75, 3.05) is 14.2 Å².